The average Bonchev–Trinajstić information content (AvgIpc) is 3.07. The number of benzene rings is 1. The second-order valence-corrected chi connectivity index (χ2v) is 8.51. The van der Waals surface area contributed by atoms with Crippen LogP contribution in [0.25, 0.3) is 0 Å². The van der Waals surface area contributed by atoms with E-state index in [1.54, 1.807) is 4.90 Å². The van der Waals surface area contributed by atoms with Crippen LogP contribution < -0.4 is 16.4 Å². The number of para-hydroxylation sites is 2. The molecule has 2 amide bonds. The lowest BCUT2D eigenvalue weighted by atomic mass is 9.84. The molecule has 0 bridgehead atoms. The fourth-order valence-corrected chi connectivity index (χ4v) is 4.78. The molecule has 2 aliphatic rings. The van der Waals surface area contributed by atoms with Crippen LogP contribution >= 0.6 is 23.1 Å². The second kappa shape index (κ2) is 6.76. The first-order valence-corrected chi connectivity index (χ1v) is 10.0. The van der Waals surface area contributed by atoms with Gasteiger partial charge in [-0.2, -0.15) is 0 Å². The van der Waals surface area contributed by atoms with Crippen LogP contribution in [-0.4, -0.2) is 51.3 Å². The zero-order chi connectivity index (χ0) is 18.1. The molecule has 2 aromatic rings. The number of aromatic nitrogens is 2. The Balaban J connectivity index is 1.36. The van der Waals surface area contributed by atoms with E-state index in [0.717, 1.165) is 11.4 Å². The van der Waals surface area contributed by atoms with E-state index in [4.69, 9.17) is 5.73 Å². The molecule has 0 atom stereocenters. The van der Waals surface area contributed by atoms with Crippen LogP contribution in [0.1, 0.15) is 12.8 Å². The summed E-state index contributed by atoms with van der Waals surface area (Å²) in [4.78, 5) is 26.9. The van der Waals surface area contributed by atoms with Crippen molar-refractivity contribution < 1.29 is 9.59 Å². The number of thioether (sulfide) groups is 1. The molecule has 1 fully saturated rings. The Bertz CT molecular complexity index is 847. The fraction of sp³-hybridized carbons (Fsp3) is 0.375. The summed E-state index contributed by atoms with van der Waals surface area (Å²) in [6, 6.07) is 7.66. The number of piperidine rings is 1. The quantitative estimate of drug-likeness (QED) is 0.683. The van der Waals surface area contributed by atoms with Gasteiger partial charge in [-0.05, 0) is 25.0 Å². The number of carbonyl (C=O) groups excluding carboxylic acids is 2. The molecule has 0 saturated carbocycles. The number of nitrogens with one attached hydrogen (secondary N) is 2. The standard InChI is InChI=1S/C16H18N6O2S2/c17-14-20-21-15(26-14)25-9-12(23)22-7-5-16(6-8-22)13(24)18-10-3-1-2-4-11(10)19-16/h1-4,19H,5-9H2,(H2,17,20)(H,18,24). The molecule has 4 N–H and O–H groups in total. The number of hydrogen-bond acceptors (Lipinski definition) is 8. The lowest BCUT2D eigenvalue weighted by Crippen LogP contribution is -2.59. The first-order chi connectivity index (χ1) is 12.6. The van der Waals surface area contributed by atoms with E-state index in [1.807, 2.05) is 24.3 Å². The lowest BCUT2D eigenvalue weighted by molar-refractivity contribution is -0.132. The zero-order valence-electron chi connectivity index (χ0n) is 13.9. The Morgan fingerprint density at radius 2 is 2.00 bits per heavy atom. The summed E-state index contributed by atoms with van der Waals surface area (Å²) in [5.41, 5.74) is 6.63. The Morgan fingerprint density at radius 3 is 2.69 bits per heavy atom. The van der Waals surface area contributed by atoms with Crippen LogP contribution in [-0.2, 0) is 9.59 Å². The minimum Gasteiger partial charge on any atom is -0.374 e. The van der Waals surface area contributed by atoms with Crippen molar-refractivity contribution in [2.24, 2.45) is 0 Å². The highest BCUT2D eigenvalue weighted by Gasteiger charge is 2.44. The van der Waals surface area contributed by atoms with Gasteiger partial charge in [-0.15, -0.1) is 10.2 Å². The van der Waals surface area contributed by atoms with Gasteiger partial charge < -0.3 is 21.3 Å². The molecule has 26 heavy (non-hydrogen) atoms. The van der Waals surface area contributed by atoms with E-state index < -0.39 is 5.54 Å². The molecule has 1 aromatic heterocycles. The summed E-state index contributed by atoms with van der Waals surface area (Å²) in [5, 5.41) is 14.4. The summed E-state index contributed by atoms with van der Waals surface area (Å²) < 4.78 is 0.689. The largest absolute Gasteiger partial charge is 0.374 e. The van der Waals surface area contributed by atoms with Gasteiger partial charge in [0.25, 0.3) is 0 Å². The number of nitrogen functional groups attached to an aromatic ring is 1. The number of nitrogens with zero attached hydrogens (tertiary/aromatic N) is 3. The average molecular weight is 390 g/mol. The van der Waals surface area contributed by atoms with Gasteiger partial charge in [0.15, 0.2) is 4.34 Å². The number of carbonyl (C=O) groups is 2. The molecule has 10 heteroatoms. The van der Waals surface area contributed by atoms with Gasteiger partial charge >= 0.3 is 0 Å². The SMILES string of the molecule is Nc1nnc(SCC(=O)N2CCC3(CC2)Nc2ccccc2NC3=O)s1. The summed E-state index contributed by atoms with van der Waals surface area (Å²) in [6.45, 7) is 1.08. The second-order valence-electron chi connectivity index (χ2n) is 6.28. The molecule has 4 rings (SSSR count). The van der Waals surface area contributed by atoms with Crippen molar-refractivity contribution in [1.82, 2.24) is 15.1 Å². The summed E-state index contributed by atoms with van der Waals surface area (Å²) in [7, 11) is 0. The van der Waals surface area contributed by atoms with Crippen molar-refractivity contribution in [3.05, 3.63) is 24.3 Å². The van der Waals surface area contributed by atoms with Crippen molar-refractivity contribution in [3.63, 3.8) is 0 Å². The molecule has 1 spiro atoms. The molecular weight excluding hydrogens is 372 g/mol. The van der Waals surface area contributed by atoms with Gasteiger partial charge in [-0.1, -0.05) is 35.2 Å². The minimum atomic E-state index is -0.647. The molecule has 2 aliphatic heterocycles. The smallest absolute Gasteiger partial charge is 0.250 e. The Hall–Kier alpha value is -2.33. The van der Waals surface area contributed by atoms with Crippen LogP contribution in [0.15, 0.2) is 28.6 Å². The van der Waals surface area contributed by atoms with E-state index in [1.165, 1.54) is 23.1 Å². The molecule has 8 nitrogen and oxygen atoms in total. The number of anilines is 3. The van der Waals surface area contributed by atoms with Gasteiger partial charge in [0, 0.05) is 13.1 Å². The maximum absolute atomic E-state index is 12.6. The number of nitrogens with two attached hydrogens (primary N) is 1. The fourth-order valence-electron chi connectivity index (χ4n) is 3.24. The maximum atomic E-state index is 12.6. The molecule has 1 saturated heterocycles. The predicted molar refractivity (Wildman–Crippen MR) is 102 cm³/mol. The minimum absolute atomic E-state index is 0.0259. The highest BCUT2D eigenvalue weighted by Crippen LogP contribution is 2.36. The van der Waals surface area contributed by atoms with Gasteiger partial charge in [0.2, 0.25) is 16.9 Å². The normalized spacial score (nSPS) is 18.2. The summed E-state index contributed by atoms with van der Waals surface area (Å²) >= 11 is 2.61. The molecule has 0 aliphatic carbocycles. The van der Waals surface area contributed by atoms with Crippen LogP contribution in [0.4, 0.5) is 16.5 Å². The van der Waals surface area contributed by atoms with Crippen LogP contribution in [0, 0.1) is 0 Å². The first kappa shape index (κ1) is 17.1. The van der Waals surface area contributed by atoms with E-state index in [-0.39, 0.29) is 11.8 Å². The van der Waals surface area contributed by atoms with Gasteiger partial charge in [-0.3, -0.25) is 9.59 Å². The van der Waals surface area contributed by atoms with E-state index in [9.17, 15) is 9.59 Å². The number of amides is 2. The maximum Gasteiger partial charge on any atom is 0.250 e. The van der Waals surface area contributed by atoms with E-state index in [0.29, 0.717) is 41.2 Å². The number of rotatable bonds is 3. The van der Waals surface area contributed by atoms with Crippen molar-refractivity contribution in [2.45, 2.75) is 22.7 Å². The molecule has 136 valence electrons. The van der Waals surface area contributed by atoms with Crippen molar-refractivity contribution >= 4 is 51.4 Å². The van der Waals surface area contributed by atoms with E-state index >= 15 is 0 Å². The van der Waals surface area contributed by atoms with Crippen molar-refractivity contribution in [3.8, 4) is 0 Å². The van der Waals surface area contributed by atoms with Crippen LogP contribution in [0.3, 0.4) is 0 Å². The third-order valence-corrected chi connectivity index (χ3v) is 6.57. The number of likely N-dealkylation sites (tertiary alicyclic amines) is 1. The molecule has 0 radical (unpaired) electrons. The zero-order valence-corrected chi connectivity index (χ0v) is 15.5. The lowest BCUT2D eigenvalue weighted by Gasteiger charge is -2.44. The van der Waals surface area contributed by atoms with Crippen LogP contribution in [0.2, 0.25) is 0 Å². The predicted octanol–water partition coefficient (Wildman–Crippen LogP) is 1.64. The van der Waals surface area contributed by atoms with Gasteiger partial charge in [-0.25, -0.2) is 0 Å². The van der Waals surface area contributed by atoms with Crippen LogP contribution in [0.5, 0.6) is 0 Å². The van der Waals surface area contributed by atoms with Gasteiger partial charge in [0.05, 0.1) is 17.1 Å². The van der Waals surface area contributed by atoms with Crippen molar-refractivity contribution in [2.75, 3.05) is 35.2 Å². The third kappa shape index (κ3) is 3.21. The topological polar surface area (TPSA) is 113 Å². The Kier molecular flexibility index (Phi) is 4.45. The van der Waals surface area contributed by atoms with Gasteiger partial charge in [0.1, 0.15) is 5.54 Å². The highest BCUT2D eigenvalue weighted by molar-refractivity contribution is 8.01. The highest BCUT2D eigenvalue weighted by atomic mass is 32.2. The number of hydrogen-bond donors (Lipinski definition) is 3. The third-order valence-electron chi connectivity index (χ3n) is 4.69. The summed E-state index contributed by atoms with van der Waals surface area (Å²) in [6.07, 6.45) is 1.16. The van der Waals surface area contributed by atoms with E-state index in [2.05, 4.69) is 20.8 Å². The Labute approximate surface area is 158 Å². The number of fused-ring (bicyclic) bond motifs is 1. The molecule has 3 heterocycles. The Morgan fingerprint density at radius 1 is 1.27 bits per heavy atom. The molecule has 0 unspecified atom stereocenters. The molecule has 1 aromatic carbocycles. The summed E-state index contributed by atoms with van der Waals surface area (Å²) in [5.74, 6) is 0.307. The molecular formula is C16H18N6O2S2. The first-order valence-electron chi connectivity index (χ1n) is 8.24. The monoisotopic (exact) mass is 390 g/mol. The van der Waals surface area contributed by atoms with Crippen molar-refractivity contribution in [1.29, 1.82) is 0 Å².